The number of rotatable bonds is 8. The van der Waals surface area contributed by atoms with E-state index >= 15 is 0 Å². The predicted molar refractivity (Wildman–Crippen MR) is 147 cm³/mol. The molecule has 0 radical (unpaired) electrons. The molecule has 11 heteroatoms. The van der Waals surface area contributed by atoms with Crippen LogP contribution in [0, 0.1) is 19.8 Å². The molecule has 0 spiro atoms. The highest BCUT2D eigenvalue weighted by atomic mass is 32.2. The zero-order valence-electron chi connectivity index (χ0n) is 22.7. The first-order valence-electron chi connectivity index (χ1n) is 13.2. The van der Waals surface area contributed by atoms with Gasteiger partial charge < -0.3 is 20.2 Å². The van der Waals surface area contributed by atoms with Crippen LogP contribution in [0.5, 0.6) is 0 Å². The second-order valence-electron chi connectivity index (χ2n) is 10.5. The summed E-state index contributed by atoms with van der Waals surface area (Å²) in [7, 11) is -3.91. The highest BCUT2D eigenvalue weighted by Gasteiger charge is 2.36. The number of β-amino-alcohol motifs (C(OH)–C–C–N with tert-alkyl or cyclic N) is 1. The summed E-state index contributed by atoms with van der Waals surface area (Å²) in [4.78, 5) is 30.6. The molecule has 1 aromatic carbocycles. The van der Waals surface area contributed by atoms with E-state index in [-0.39, 0.29) is 29.8 Å². The Balaban J connectivity index is 1.46. The minimum Gasteiger partial charge on any atom is -0.451 e. The van der Waals surface area contributed by atoms with Crippen LogP contribution in [0.1, 0.15) is 54.8 Å². The maximum absolute atomic E-state index is 13.4. The molecule has 10 nitrogen and oxygen atoms in total. The zero-order valence-corrected chi connectivity index (χ0v) is 23.5. The van der Waals surface area contributed by atoms with Gasteiger partial charge in [0.25, 0.3) is 15.9 Å². The second-order valence-corrected chi connectivity index (χ2v) is 12.4. The van der Waals surface area contributed by atoms with Crippen LogP contribution < -0.4 is 10.6 Å². The van der Waals surface area contributed by atoms with E-state index in [2.05, 4.69) is 15.6 Å². The second kappa shape index (κ2) is 11.8. The number of para-hydroxylation sites is 1. The number of carbonyl (C=O) groups excluding carboxylic acids is 2. The van der Waals surface area contributed by atoms with Crippen molar-refractivity contribution in [3.63, 3.8) is 0 Å². The molecule has 0 bridgehead atoms. The van der Waals surface area contributed by atoms with E-state index in [1.165, 1.54) is 10.5 Å². The Morgan fingerprint density at radius 1 is 1.18 bits per heavy atom. The highest BCUT2D eigenvalue weighted by Crippen LogP contribution is 2.25. The molecule has 4 rings (SSSR count). The van der Waals surface area contributed by atoms with Gasteiger partial charge in [0.05, 0.1) is 12.1 Å². The number of fused-ring (bicyclic) bond motifs is 1. The maximum atomic E-state index is 13.4. The van der Waals surface area contributed by atoms with Gasteiger partial charge in [-0.2, -0.15) is 4.31 Å². The fraction of sp³-hybridized carbons (Fsp3) is 0.464. The number of nitrogens with one attached hydrogen (secondary N) is 2. The van der Waals surface area contributed by atoms with Gasteiger partial charge in [-0.25, -0.2) is 13.4 Å². The van der Waals surface area contributed by atoms with Crippen LogP contribution in [0.15, 0.2) is 52.0 Å². The van der Waals surface area contributed by atoms with Crippen LogP contribution in [-0.4, -0.2) is 65.9 Å². The standard InChI is InChI=1S/C28H36N4O6S/c1-17(2)15-22(31-27(35)25-19(4)20-10-5-6-12-24(20)38-25)26(34)30-21-11-8-14-32(16-23(21)33)39(36,37)28-18(3)9-7-13-29-28/h5-7,9-10,12-13,17,21-23,33H,8,11,14-16H2,1-4H3,(H,30,34)(H,31,35)/t21?,22?,23-/m0/s1. The Morgan fingerprint density at radius 3 is 2.62 bits per heavy atom. The summed E-state index contributed by atoms with van der Waals surface area (Å²) in [5.74, 6) is -0.683. The van der Waals surface area contributed by atoms with Gasteiger partial charge in [-0.15, -0.1) is 0 Å². The largest absolute Gasteiger partial charge is 0.451 e. The van der Waals surface area contributed by atoms with E-state index in [0.29, 0.717) is 36.0 Å². The average molecular weight is 557 g/mol. The third-order valence-corrected chi connectivity index (χ3v) is 8.96. The Labute approximate surface area is 228 Å². The molecule has 3 N–H and O–H groups in total. The maximum Gasteiger partial charge on any atom is 0.287 e. The molecule has 1 fully saturated rings. The fourth-order valence-electron chi connectivity index (χ4n) is 4.96. The number of aliphatic hydroxyl groups excluding tert-OH is 1. The van der Waals surface area contributed by atoms with Crippen LogP contribution in [0.25, 0.3) is 11.0 Å². The summed E-state index contributed by atoms with van der Waals surface area (Å²) in [5, 5.41) is 17.4. The Kier molecular flexibility index (Phi) is 8.73. The first kappa shape index (κ1) is 28.7. The molecule has 3 aromatic rings. The summed E-state index contributed by atoms with van der Waals surface area (Å²) < 4.78 is 33.4. The SMILES string of the molecule is Cc1cccnc1S(=O)(=O)N1CCCC(NC(=O)C(CC(C)C)NC(=O)c2oc3ccccc3c2C)[C@@H](O)C1. The summed E-state index contributed by atoms with van der Waals surface area (Å²) >= 11 is 0. The van der Waals surface area contributed by atoms with Crippen LogP contribution in [-0.2, 0) is 14.8 Å². The van der Waals surface area contributed by atoms with E-state index in [4.69, 9.17) is 4.42 Å². The van der Waals surface area contributed by atoms with Gasteiger partial charge in [-0.05, 0) is 56.7 Å². The smallest absolute Gasteiger partial charge is 0.287 e. The van der Waals surface area contributed by atoms with E-state index in [9.17, 15) is 23.1 Å². The Morgan fingerprint density at radius 2 is 1.92 bits per heavy atom. The number of pyridine rings is 1. The number of carbonyl (C=O) groups is 2. The summed E-state index contributed by atoms with van der Waals surface area (Å²) in [6, 6.07) is 9.14. The Hall–Kier alpha value is -3.28. The van der Waals surface area contributed by atoms with E-state index in [1.54, 1.807) is 32.0 Å². The van der Waals surface area contributed by atoms with Crippen LogP contribution in [0.4, 0.5) is 0 Å². The number of aliphatic hydroxyl groups is 1. The predicted octanol–water partition coefficient (Wildman–Crippen LogP) is 2.92. The lowest BCUT2D eigenvalue weighted by Gasteiger charge is -2.27. The molecule has 1 aliphatic heterocycles. The topological polar surface area (TPSA) is 142 Å². The van der Waals surface area contributed by atoms with Crippen LogP contribution >= 0.6 is 0 Å². The highest BCUT2D eigenvalue weighted by molar-refractivity contribution is 7.89. The van der Waals surface area contributed by atoms with Gasteiger partial charge in [0.2, 0.25) is 5.91 Å². The molecule has 2 unspecified atom stereocenters. The number of aryl methyl sites for hydroxylation is 2. The molecular formula is C28H36N4O6S. The van der Waals surface area contributed by atoms with Gasteiger partial charge >= 0.3 is 0 Å². The van der Waals surface area contributed by atoms with Gasteiger partial charge in [-0.3, -0.25) is 9.59 Å². The molecular weight excluding hydrogens is 520 g/mol. The summed E-state index contributed by atoms with van der Waals surface area (Å²) in [6.07, 6.45) is 1.48. The molecule has 39 heavy (non-hydrogen) atoms. The number of nitrogens with zero attached hydrogens (tertiary/aromatic N) is 2. The van der Waals surface area contributed by atoms with Crippen molar-refractivity contribution in [2.24, 2.45) is 5.92 Å². The minimum absolute atomic E-state index is 0.0414. The number of sulfonamides is 1. The molecule has 3 heterocycles. The zero-order chi connectivity index (χ0) is 28.3. The first-order valence-corrected chi connectivity index (χ1v) is 14.6. The van der Waals surface area contributed by atoms with Crippen molar-refractivity contribution in [3.05, 3.63) is 59.5 Å². The van der Waals surface area contributed by atoms with Crippen molar-refractivity contribution < 1.29 is 27.5 Å². The molecule has 0 aliphatic carbocycles. The van der Waals surface area contributed by atoms with Crippen molar-refractivity contribution in [1.82, 2.24) is 19.9 Å². The van der Waals surface area contributed by atoms with Gasteiger partial charge in [0.1, 0.15) is 11.6 Å². The normalized spacial score (nSPS) is 19.5. The number of benzene rings is 1. The van der Waals surface area contributed by atoms with E-state index in [1.807, 2.05) is 32.0 Å². The van der Waals surface area contributed by atoms with Crippen molar-refractivity contribution in [3.8, 4) is 0 Å². The molecule has 2 amide bonds. The summed E-state index contributed by atoms with van der Waals surface area (Å²) in [5.41, 5.74) is 1.80. The lowest BCUT2D eigenvalue weighted by Crippen LogP contribution is -2.54. The summed E-state index contributed by atoms with van der Waals surface area (Å²) in [6.45, 7) is 7.38. The molecule has 1 saturated heterocycles. The minimum atomic E-state index is -3.91. The third-order valence-electron chi connectivity index (χ3n) is 7.03. The van der Waals surface area contributed by atoms with Crippen molar-refractivity contribution in [2.75, 3.05) is 13.1 Å². The lowest BCUT2D eigenvalue weighted by molar-refractivity contribution is -0.125. The van der Waals surface area contributed by atoms with Crippen molar-refractivity contribution in [2.45, 2.75) is 70.2 Å². The fourth-order valence-corrected chi connectivity index (χ4v) is 6.59. The van der Waals surface area contributed by atoms with E-state index < -0.39 is 40.0 Å². The monoisotopic (exact) mass is 556 g/mol. The van der Waals surface area contributed by atoms with Gasteiger partial charge in [0, 0.05) is 30.2 Å². The molecule has 0 saturated carbocycles. The third kappa shape index (κ3) is 6.32. The quantitative estimate of drug-likeness (QED) is 0.387. The van der Waals surface area contributed by atoms with Crippen molar-refractivity contribution >= 4 is 32.8 Å². The van der Waals surface area contributed by atoms with Gasteiger partial charge in [0.15, 0.2) is 10.8 Å². The molecule has 2 aromatic heterocycles. The first-order chi connectivity index (χ1) is 18.5. The van der Waals surface area contributed by atoms with Gasteiger partial charge in [-0.1, -0.05) is 38.1 Å². The number of hydrogen-bond acceptors (Lipinski definition) is 7. The number of hydrogen-bond donors (Lipinski definition) is 3. The van der Waals surface area contributed by atoms with Crippen LogP contribution in [0.3, 0.4) is 0 Å². The van der Waals surface area contributed by atoms with Crippen LogP contribution in [0.2, 0.25) is 0 Å². The number of furan rings is 1. The number of amides is 2. The Bertz CT molecular complexity index is 1450. The average Bonchev–Trinajstić information content (AvgIpc) is 3.11. The number of aromatic nitrogens is 1. The molecule has 3 atom stereocenters. The molecule has 210 valence electrons. The van der Waals surface area contributed by atoms with Crippen molar-refractivity contribution in [1.29, 1.82) is 0 Å². The molecule has 1 aliphatic rings. The lowest BCUT2D eigenvalue weighted by atomic mass is 10.0. The van der Waals surface area contributed by atoms with E-state index in [0.717, 1.165) is 5.39 Å².